The Kier molecular flexibility index (Phi) is 20.5. The number of carbonyl (C=O) groups excluding carboxylic acids is 2. The first-order valence-corrected chi connectivity index (χ1v) is 17.0. The summed E-state index contributed by atoms with van der Waals surface area (Å²) in [5.74, 6) is 0.438. The van der Waals surface area contributed by atoms with E-state index in [1.165, 1.54) is 89.5 Å². The van der Waals surface area contributed by atoms with Crippen LogP contribution in [0.25, 0.3) is 6.08 Å². The summed E-state index contributed by atoms with van der Waals surface area (Å²) in [5, 5.41) is 0. The summed E-state index contributed by atoms with van der Waals surface area (Å²) in [6.45, 7) is 5.57. The fraction of sp³-hybridized carbons (Fsp3) is 0.579. The smallest absolute Gasteiger partial charge is 0.343 e. The third kappa shape index (κ3) is 18.2. The molecule has 0 saturated heterocycles. The predicted molar refractivity (Wildman–Crippen MR) is 178 cm³/mol. The van der Waals surface area contributed by atoms with E-state index in [9.17, 15) is 9.59 Å². The van der Waals surface area contributed by atoms with E-state index in [0.717, 1.165) is 43.4 Å². The Morgan fingerprint density at radius 1 is 0.558 bits per heavy atom. The van der Waals surface area contributed by atoms with Crippen LogP contribution in [0.4, 0.5) is 0 Å². The number of carbonyl (C=O) groups is 2. The van der Waals surface area contributed by atoms with Crippen molar-refractivity contribution in [1.82, 2.24) is 0 Å². The number of ether oxygens (including phenoxy) is 3. The van der Waals surface area contributed by atoms with Crippen LogP contribution in [0.1, 0.15) is 145 Å². The highest BCUT2D eigenvalue weighted by atomic mass is 16.5. The Bertz CT molecular complexity index is 1010. The van der Waals surface area contributed by atoms with Crippen molar-refractivity contribution in [2.45, 2.75) is 129 Å². The topological polar surface area (TPSA) is 61.8 Å². The van der Waals surface area contributed by atoms with E-state index in [4.69, 9.17) is 14.2 Å². The number of hydrogen-bond acceptors (Lipinski definition) is 5. The molecule has 43 heavy (non-hydrogen) atoms. The van der Waals surface area contributed by atoms with Gasteiger partial charge in [0.2, 0.25) is 0 Å². The number of esters is 2. The molecule has 0 fully saturated rings. The van der Waals surface area contributed by atoms with Crippen LogP contribution in [0.15, 0.2) is 54.6 Å². The quantitative estimate of drug-likeness (QED) is 0.0497. The van der Waals surface area contributed by atoms with Crippen LogP contribution in [0, 0.1) is 0 Å². The summed E-state index contributed by atoms with van der Waals surface area (Å²) in [4.78, 5) is 24.4. The molecule has 238 valence electrons. The highest BCUT2D eigenvalue weighted by molar-refractivity contribution is 5.91. The fourth-order valence-corrected chi connectivity index (χ4v) is 4.90. The first-order chi connectivity index (χ1) is 21.1. The Morgan fingerprint density at radius 2 is 1.02 bits per heavy atom. The van der Waals surface area contributed by atoms with Gasteiger partial charge in [0.05, 0.1) is 18.8 Å². The van der Waals surface area contributed by atoms with Crippen molar-refractivity contribution >= 4 is 18.0 Å². The van der Waals surface area contributed by atoms with E-state index in [1.807, 2.05) is 12.1 Å². The molecule has 0 N–H and O–H groups in total. The number of benzene rings is 2. The van der Waals surface area contributed by atoms with Gasteiger partial charge in [0.1, 0.15) is 11.5 Å². The Morgan fingerprint density at radius 3 is 1.58 bits per heavy atom. The van der Waals surface area contributed by atoms with Crippen LogP contribution < -0.4 is 9.47 Å². The molecule has 0 atom stereocenters. The zero-order valence-electron chi connectivity index (χ0n) is 27.0. The Hall–Kier alpha value is -3.08. The van der Waals surface area contributed by atoms with Crippen LogP contribution in [0.2, 0.25) is 0 Å². The largest absolute Gasteiger partial charge is 0.494 e. The SMILES string of the molecule is CCCCCCCCCCCCCCCCOc1ccc(C(=O)Oc2ccc(/C=C/C(=O)OCCCCCC)cc2)cc1. The molecule has 5 heteroatoms. The van der Waals surface area contributed by atoms with E-state index < -0.39 is 5.97 Å². The van der Waals surface area contributed by atoms with Gasteiger partial charge in [-0.05, 0) is 60.9 Å². The Labute approximate surface area is 261 Å². The highest BCUT2D eigenvalue weighted by Gasteiger charge is 2.09. The lowest BCUT2D eigenvalue weighted by Gasteiger charge is -2.08. The molecular formula is C38H56O5. The van der Waals surface area contributed by atoms with E-state index in [0.29, 0.717) is 24.5 Å². The highest BCUT2D eigenvalue weighted by Crippen LogP contribution is 2.18. The summed E-state index contributed by atoms with van der Waals surface area (Å²) in [5.41, 5.74) is 1.29. The lowest BCUT2D eigenvalue weighted by molar-refractivity contribution is -0.137. The predicted octanol–water partition coefficient (Wildman–Crippen LogP) is 10.9. The number of unbranched alkanes of at least 4 members (excludes halogenated alkanes) is 16. The van der Waals surface area contributed by atoms with Gasteiger partial charge in [-0.25, -0.2) is 9.59 Å². The van der Waals surface area contributed by atoms with Gasteiger partial charge in [-0.2, -0.15) is 0 Å². The van der Waals surface area contributed by atoms with Crippen LogP contribution in [-0.2, 0) is 9.53 Å². The van der Waals surface area contributed by atoms with Gasteiger partial charge in [-0.3, -0.25) is 0 Å². The molecule has 0 aliphatic carbocycles. The van der Waals surface area contributed by atoms with Crippen molar-refractivity contribution in [3.05, 3.63) is 65.7 Å². The van der Waals surface area contributed by atoms with Crippen LogP contribution in [0.3, 0.4) is 0 Å². The van der Waals surface area contributed by atoms with Gasteiger partial charge >= 0.3 is 11.9 Å². The average molecular weight is 593 g/mol. The second-order valence-electron chi connectivity index (χ2n) is 11.5. The van der Waals surface area contributed by atoms with Crippen molar-refractivity contribution in [1.29, 1.82) is 0 Å². The molecule has 0 radical (unpaired) electrons. The maximum absolute atomic E-state index is 12.6. The number of rotatable bonds is 25. The lowest BCUT2D eigenvalue weighted by Crippen LogP contribution is -2.08. The fourth-order valence-electron chi connectivity index (χ4n) is 4.90. The van der Waals surface area contributed by atoms with Gasteiger partial charge in [0.15, 0.2) is 0 Å². The minimum absolute atomic E-state index is 0.348. The van der Waals surface area contributed by atoms with Crippen molar-refractivity contribution in [2.24, 2.45) is 0 Å². The van der Waals surface area contributed by atoms with Crippen LogP contribution >= 0.6 is 0 Å². The third-order valence-electron chi connectivity index (χ3n) is 7.60. The summed E-state index contributed by atoms with van der Waals surface area (Å²) in [6.07, 6.45) is 26.1. The molecule has 2 rings (SSSR count). The molecule has 0 aliphatic heterocycles. The lowest BCUT2D eigenvalue weighted by atomic mass is 10.0. The van der Waals surface area contributed by atoms with Crippen molar-refractivity contribution < 1.29 is 23.8 Å². The van der Waals surface area contributed by atoms with Crippen LogP contribution in [-0.4, -0.2) is 25.2 Å². The molecule has 2 aromatic carbocycles. The van der Waals surface area contributed by atoms with E-state index in [1.54, 1.807) is 42.5 Å². The van der Waals surface area contributed by atoms with Crippen molar-refractivity contribution in [3.63, 3.8) is 0 Å². The number of hydrogen-bond donors (Lipinski definition) is 0. The van der Waals surface area contributed by atoms with E-state index >= 15 is 0 Å². The maximum atomic E-state index is 12.6. The third-order valence-corrected chi connectivity index (χ3v) is 7.60. The monoisotopic (exact) mass is 592 g/mol. The second-order valence-corrected chi connectivity index (χ2v) is 11.5. The summed E-state index contributed by atoms with van der Waals surface area (Å²) in [6, 6.07) is 14.1. The average Bonchev–Trinajstić information content (AvgIpc) is 3.02. The molecular weight excluding hydrogens is 536 g/mol. The summed E-state index contributed by atoms with van der Waals surface area (Å²) < 4.78 is 16.6. The van der Waals surface area contributed by atoms with Gasteiger partial charge in [-0.15, -0.1) is 0 Å². The first-order valence-electron chi connectivity index (χ1n) is 17.0. The van der Waals surface area contributed by atoms with Crippen LogP contribution in [0.5, 0.6) is 11.5 Å². The van der Waals surface area contributed by atoms with Crippen molar-refractivity contribution in [3.8, 4) is 11.5 Å². The molecule has 5 nitrogen and oxygen atoms in total. The standard InChI is InChI=1S/C38H56O5/c1-3-5-7-9-10-11-12-13-14-15-16-17-18-20-31-41-35-28-24-34(25-29-35)38(40)43-36-26-21-33(22-27-36)23-30-37(39)42-32-19-8-6-4-2/h21-30H,3-20,31-32H2,1-2H3/b30-23+. The zero-order chi connectivity index (χ0) is 30.8. The molecule has 0 saturated carbocycles. The second kappa shape index (κ2) is 24.4. The molecule has 0 amide bonds. The van der Waals surface area contributed by atoms with E-state index in [-0.39, 0.29) is 5.97 Å². The molecule has 2 aromatic rings. The first kappa shape index (κ1) is 36.1. The molecule has 0 aliphatic rings. The molecule has 0 unspecified atom stereocenters. The molecule has 0 heterocycles. The maximum Gasteiger partial charge on any atom is 0.343 e. The molecule has 0 spiro atoms. The van der Waals surface area contributed by atoms with Gasteiger partial charge < -0.3 is 14.2 Å². The normalized spacial score (nSPS) is 11.1. The summed E-state index contributed by atoms with van der Waals surface area (Å²) in [7, 11) is 0. The van der Waals surface area contributed by atoms with E-state index in [2.05, 4.69) is 13.8 Å². The zero-order valence-corrected chi connectivity index (χ0v) is 27.0. The van der Waals surface area contributed by atoms with Crippen molar-refractivity contribution in [2.75, 3.05) is 13.2 Å². The van der Waals surface area contributed by atoms with Gasteiger partial charge in [0, 0.05) is 6.08 Å². The molecule has 0 aromatic heterocycles. The minimum atomic E-state index is -0.423. The Balaban J connectivity index is 1.54. The summed E-state index contributed by atoms with van der Waals surface area (Å²) >= 11 is 0. The molecule has 0 bridgehead atoms. The minimum Gasteiger partial charge on any atom is -0.494 e. The van der Waals surface area contributed by atoms with Gasteiger partial charge in [-0.1, -0.05) is 129 Å². The van der Waals surface area contributed by atoms with Gasteiger partial charge in [0.25, 0.3) is 0 Å².